The van der Waals surface area contributed by atoms with Crippen molar-refractivity contribution >= 4 is 46.0 Å². The summed E-state index contributed by atoms with van der Waals surface area (Å²) in [5.41, 5.74) is 2.94. The fourth-order valence-corrected chi connectivity index (χ4v) is 3.97. The molecule has 1 amide bonds. The Labute approximate surface area is 157 Å². The average Bonchev–Trinajstić information content (AvgIpc) is 2.90. The summed E-state index contributed by atoms with van der Waals surface area (Å²) in [5.74, 6) is 0.758. The molecule has 0 radical (unpaired) electrons. The maximum absolute atomic E-state index is 12.9. The molecule has 0 unspecified atom stereocenters. The molecule has 1 saturated heterocycles. The van der Waals surface area contributed by atoms with Crippen molar-refractivity contribution in [2.24, 2.45) is 0 Å². The van der Waals surface area contributed by atoms with Crippen LogP contribution >= 0.6 is 24.0 Å². The maximum Gasteiger partial charge on any atom is 0.270 e. The first-order valence-electron chi connectivity index (χ1n) is 8.22. The Morgan fingerprint density at radius 2 is 1.84 bits per heavy atom. The number of carbonyl (C=O) groups is 1. The lowest BCUT2D eigenvalue weighted by Crippen LogP contribution is -2.28. The van der Waals surface area contributed by atoms with Gasteiger partial charge in [-0.15, -0.1) is 0 Å². The zero-order valence-corrected chi connectivity index (χ0v) is 15.8. The second-order valence-corrected chi connectivity index (χ2v) is 7.18. The summed E-state index contributed by atoms with van der Waals surface area (Å²) >= 11 is 6.81. The number of rotatable bonds is 5. The number of para-hydroxylation sites is 1. The van der Waals surface area contributed by atoms with Crippen LogP contribution in [-0.2, 0) is 11.2 Å². The first kappa shape index (κ1) is 17.7. The highest BCUT2D eigenvalue weighted by molar-refractivity contribution is 8.27. The molecule has 0 N–H and O–H groups in total. The van der Waals surface area contributed by atoms with Gasteiger partial charge in [0, 0.05) is 0 Å². The number of benzene rings is 2. The number of aryl methyl sites for hydroxylation is 1. The Bertz CT molecular complexity index is 828. The van der Waals surface area contributed by atoms with Crippen molar-refractivity contribution in [3.05, 3.63) is 64.6 Å². The molecule has 0 aliphatic carbocycles. The minimum atomic E-state index is -0.0650. The van der Waals surface area contributed by atoms with Crippen LogP contribution in [0.3, 0.4) is 0 Å². The van der Waals surface area contributed by atoms with Crippen molar-refractivity contribution in [2.45, 2.75) is 20.3 Å². The largest absolute Gasteiger partial charge is 0.494 e. The summed E-state index contributed by atoms with van der Waals surface area (Å²) in [6.07, 6.45) is 2.73. The minimum absolute atomic E-state index is 0.0650. The van der Waals surface area contributed by atoms with E-state index in [4.69, 9.17) is 17.0 Å². The van der Waals surface area contributed by atoms with Gasteiger partial charge in [-0.25, -0.2) is 0 Å². The first-order valence-corrected chi connectivity index (χ1v) is 9.45. The molecule has 1 aliphatic heterocycles. The van der Waals surface area contributed by atoms with E-state index < -0.39 is 0 Å². The van der Waals surface area contributed by atoms with E-state index in [-0.39, 0.29) is 5.91 Å². The summed E-state index contributed by atoms with van der Waals surface area (Å²) in [6.45, 7) is 4.66. The lowest BCUT2D eigenvalue weighted by atomic mass is 10.1. The van der Waals surface area contributed by atoms with Crippen LogP contribution in [0.5, 0.6) is 5.75 Å². The quantitative estimate of drug-likeness (QED) is 0.545. The Morgan fingerprint density at radius 1 is 1.12 bits per heavy atom. The molecule has 2 aromatic rings. The van der Waals surface area contributed by atoms with Gasteiger partial charge < -0.3 is 4.74 Å². The zero-order chi connectivity index (χ0) is 17.8. The van der Waals surface area contributed by atoms with Crippen LogP contribution in [0.15, 0.2) is 53.4 Å². The maximum atomic E-state index is 12.9. The number of hydrogen-bond acceptors (Lipinski definition) is 4. The van der Waals surface area contributed by atoms with Crippen molar-refractivity contribution in [1.29, 1.82) is 0 Å². The number of carbonyl (C=O) groups excluding carboxylic acids is 1. The number of anilines is 1. The van der Waals surface area contributed by atoms with Gasteiger partial charge in [0.15, 0.2) is 4.32 Å². The fourth-order valence-electron chi connectivity index (χ4n) is 2.68. The number of thiocarbonyl (C=S) groups is 1. The van der Waals surface area contributed by atoms with Gasteiger partial charge in [0.2, 0.25) is 0 Å². The Morgan fingerprint density at radius 3 is 2.52 bits per heavy atom. The molecule has 0 bridgehead atoms. The first-order chi connectivity index (χ1) is 12.1. The van der Waals surface area contributed by atoms with Gasteiger partial charge in [0.05, 0.1) is 17.2 Å². The molecule has 0 saturated carbocycles. The molecule has 0 atom stereocenters. The predicted molar refractivity (Wildman–Crippen MR) is 109 cm³/mol. The van der Waals surface area contributed by atoms with Gasteiger partial charge in [-0.2, -0.15) is 0 Å². The lowest BCUT2D eigenvalue weighted by Gasteiger charge is -2.18. The third-order valence-corrected chi connectivity index (χ3v) is 5.20. The number of amides is 1. The van der Waals surface area contributed by atoms with Crippen molar-refractivity contribution in [3.63, 3.8) is 0 Å². The van der Waals surface area contributed by atoms with Crippen molar-refractivity contribution < 1.29 is 9.53 Å². The van der Waals surface area contributed by atoms with E-state index in [1.54, 1.807) is 4.90 Å². The van der Waals surface area contributed by atoms with E-state index >= 15 is 0 Å². The van der Waals surface area contributed by atoms with E-state index in [0.717, 1.165) is 29.0 Å². The van der Waals surface area contributed by atoms with Gasteiger partial charge in [-0.1, -0.05) is 61.2 Å². The van der Waals surface area contributed by atoms with Gasteiger partial charge in [0.1, 0.15) is 5.75 Å². The summed E-state index contributed by atoms with van der Waals surface area (Å²) in [6, 6.07) is 15.6. The van der Waals surface area contributed by atoms with Crippen LogP contribution in [0, 0.1) is 0 Å². The second-order valence-electron chi connectivity index (χ2n) is 5.50. The third-order valence-electron chi connectivity index (χ3n) is 3.90. The summed E-state index contributed by atoms with van der Waals surface area (Å²) < 4.78 is 6.02. The van der Waals surface area contributed by atoms with E-state index in [1.165, 1.54) is 11.8 Å². The molecule has 1 aliphatic rings. The molecule has 2 aromatic carbocycles. The number of nitrogens with zero attached hydrogens (tertiary/aromatic N) is 1. The van der Waals surface area contributed by atoms with E-state index in [1.807, 2.05) is 61.5 Å². The molecule has 5 heteroatoms. The molecule has 0 aromatic heterocycles. The monoisotopic (exact) mass is 369 g/mol. The van der Waals surface area contributed by atoms with Crippen LogP contribution in [-0.4, -0.2) is 16.8 Å². The summed E-state index contributed by atoms with van der Waals surface area (Å²) in [5, 5.41) is 0. The summed E-state index contributed by atoms with van der Waals surface area (Å²) in [4.78, 5) is 15.2. The van der Waals surface area contributed by atoms with E-state index in [2.05, 4.69) is 6.92 Å². The number of thioether (sulfide) groups is 1. The highest BCUT2D eigenvalue weighted by atomic mass is 32.2. The highest BCUT2D eigenvalue weighted by Crippen LogP contribution is 2.37. The van der Waals surface area contributed by atoms with Crippen LogP contribution in [0.1, 0.15) is 25.0 Å². The Balaban J connectivity index is 1.88. The molecule has 128 valence electrons. The lowest BCUT2D eigenvalue weighted by molar-refractivity contribution is -0.113. The van der Waals surface area contributed by atoms with E-state index in [0.29, 0.717) is 15.8 Å². The van der Waals surface area contributed by atoms with Gasteiger partial charge in [-0.05, 0) is 48.7 Å². The van der Waals surface area contributed by atoms with Gasteiger partial charge in [-0.3, -0.25) is 9.69 Å². The molecule has 1 heterocycles. The Kier molecular flexibility index (Phi) is 5.56. The van der Waals surface area contributed by atoms with Crippen molar-refractivity contribution in [3.8, 4) is 5.75 Å². The summed E-state index contributed by atoms with van der Waals surface area (Å²) in [7, 11) is 0. The molecule has 1 fully saturated rings. The Hall–Kier alpha value is -2.11. The molecular weight excluding hydrogens is 350 g/mol. The SMILES string of the molecule is CCOc1ccc(C=C2SC(=S)N(c3ccccc3CC)C2=O)cc1. The third kappa shape index (κ3) is 3.78. The number of ether oxygens (including phenoxy) is 1. The van der Waals surface area contributed by atoms with Crippen LogP contribution in [0.25, 0.3) is 6.08 Å². The average molecular weight is 370 g/mol. The van der Waals surface area contributed by atoms with Gasteiger partial charge >= 0.3 is 0 Å². The second kappa shape index (κ2) is 7.85. The van der Waals surface area contributed by atoms with E-state index in [9.17, 15) is 4.79 Å². The molecule has 25 heavy (non-hydrogen) atoms. The smallest absolute Gasteiger partial charge is 0.270 e. The van der Waals surface area contributed by atoms with Crippen LogP contribution in [0.2, 0.25) is 0 Å². The molecule has 0 spiro atoms. The topological polar surface area (TPSA) is 29.5 Å². The van der Waals surface area contributed by atoms with Gasteiger partial charge in [0.25, 0.3) is 5.91 Å². The fraction of sp³-hybridized carbons (Fsp3) is 0.200. The normalized spacial score (nSPS) is 15.9. The number of hydrogen-bond donors (Lipinski definition) is 0. The zero-order valence-electron chi connectivity index (χ0n) is 14.2. The van der Waals surface area contributed by atoms with Crippen molar-refractivity contribution in [1.82, 2.24) is 0 Å². The highest BCUT2D eigenvalue weighted by Gasteiger charge is 2.34. The molecule has 3 rings (SSSR count). The van der Waals surface area contributed by atoms with Crippen LogP contribution in [0.4, 0.5) is 5.69 Å². The van der Waals surface area contributed by atoms with Crippen LogP contribution < -0.4 is 9.64 Å². The van der Waals surface area contributed by atoms with Crippen molar-refractivity contribution in [2.75, 3.05) is 11.5 Å². The molecular formula is C20H19NO2S2. The minimum Gasteiger partial charge on any atom is -0.494 e. The molecule has 3 nitrogen and oxygen atoms in total. The standard InChI is InChI=1S/C20H19NO2S2/c1-3-15-7-5-6-8-17(15)21-19(22)18(25-20(21)24)13-14-9-11-16(12-10-14)23-4-2/h5-13H,3-4H2,1-2H3. The predicted octanol–water partition coefficient (Wildman–Crippen LogP) is 5.05.